The third-order valence-electron chi connectivity index (χ3n) is 6.12. The number of carbonyl (C=O) groups is 3. The van der Waals surface area contributed by atoms with Gasteiger partial charge in [-0.15, -0.1) is 0 Å². The summed E-state index contributed by atoms with van der Waals surface area (Å²) in [7, 11) is 0. The third-order valence-corrected chi connectivity index (χ3v) is 7.93. The van der Waals surface area contributed by atoms with E-state index in [0.29, 0.717) is 11.1 Å². The van der Waals surface area contributed by atoms with Gasteiger partial charge < -0.3 is 4.90 Å². The molecule has 0 spiro atoms. The maximum absolute atomic E-state index is 14.3. The number of carbonyl (C=O) groups excluding carboxylic acids is 3. The Hall–Kier alpha value is -2.71. The summed E-state index contributed by atoms with van der Waals surface area (Å²) in [6.45, 7) is 1.57. The van der Waals surface area contributed by atoms with Gasteiger partial charge in [0.25, 0.3) is 17.7 Å². The van der Waals surface area contributed by atoms with Crippen molar-refractivity contribution in [1.29, 1.82) is 0 Å². The molecule has 5 rings (SSSR count). The number of hydrogen-bond donors (Lipinski definition) is 0. The maximum atomic E-state index is 14.3. The molecule has 5 nitrogen and oxygen atoms in total. The molecular weight excluding hydrogens is 544 g/mol. The molecule has 0 unspecified atom stereocenters. The summed E-state index contributed by atoms with van der Waals surface area (Å²) >= 11 is 24.6. The van der Waals surface area contributed by atoms with Gasteiger partial charge in [0, 0.05) is 5.69 Å². The van der Waals surface area contributed by atoms with E-state index in [1.54, 1.807) is 13.0 Å². The molecule has 1 fully saturated rings. The quantitative estimate of drug-likeness (QED) is 0.157. The van der Waals surface area contributed by atoms with Crippen LogP contribution in [0.3, 0.4) is 0 Å². The van der Waals surface area contributed by atoms with E-state index in [9.17, 15) is 23.2 Å². The number of halogens is 6. The van der Waals surface area contributed by atoms with Crippen LogP contribution in [0.25, 0.3) is 0 Å². The second-order valence-corrected chi connectivity index (χ2v) is 9.58. The summed E-state index contributed by atoms with van der Waals surface area (Å²) in [5, 5.41) is -0.933. The maximum Gasteiger partial charge on any atom is 0.264 e. The first-order valence-corrected chi connectivity index (χ1v) is 11.6. The van der Waals surface area contributed by atoms with Crippen molar-refractivity contribution in [3.8, 4) is 0 Å². The molecule has 3 aromatic rings. The summed E-state index contributed by atoms with van der Waals surface area (Å²) in [6, 6.07) is 7.15. The van der Waals surface area contributed by atoms with Crippen LogP contribution in [0.2, 0.25) is 20.1 Å². The molecular formula is C24H12Cl4F2N2O3. The van der Waals surface area contributed by atoms with Gasteiger partial charge in [0.05, 0.1) is 37.3 Å². The summed E-state index contributed by atoms with van der Waals surface area (Å²) < 4.78 is 27.9. The SMILES string of the molecule is Cc1ccc(N2C(=O)[C@@H](N3C(=O)c4c(Cl)c(Cl)c(Cl)c(Cl)c4C3=O)[C@H]2c2ccc(F)cc2)cc1F. The summed E-state index contributed by atoms with van der Waals surface area (Å²) in [5.74, 6) is -3.47. The van der Waals surface area contributed by atoms with Crippen molar-refractivity contribution >= 4 is 69.8 Å². The minimum atomic E-state index is -1.33. The molecule has 0 bridgehead atoms. The van der Waals surface area contributed by atoms with E-state index in [0.717, 1.165) is 4.90 Å². The number of benzene rings is 3. The number of imide groups is 1. The zero-order chi connectivity index (χ0) is 25.3. The van der Waals surface area contributed by atoms with Crippen molar-refractivity contribution in [3.05, 3.63) is 96.4 Å². The van der Waals surface area contributed by atoms with Crippen molar-refractivity contribution in [3.63, 3.8) is 0 Å². The van der Waals surface area contributed by atoms with Gasteiger partial charge in [-0.3, -0.25) is 19.3 Å². The first kappa shape index (κ1) is 24.0. The van der Waals surface area contributed by atoms with Crippen LogP contribution in [0.15, 0.2) is 42.5 Å². The van der Waals surface area contributed by atoms with E-state index in [4.69, 9.17) is 46.4 Å². The number of hydrogen-bond acceptors (Lipinski definition) is 3. The molecule has 11 heteroatoms. The van der Waals surface area contributed by atoms with Crippen molar-refractivity contribution in [1.82, 2.24) is 4.90 Å². The number of aryl methyl sites for hydroxylation is 1. The van der Waals surface area contributed by atoms with Gasteiger partial charge in [-0.05, 0) is 42.3 Å². The Labute approximate surface area is 217 Å². The Balaban J connectivity index is 1.64. The lowest BCUT2D eigenvalue weighted by atomic mass is 9.86. The zero-order valence-corrected chi connectivity index (χ0v) is 20.6. The number of rotatable bonds is 3. The molecule has 2 aliphatic heterocycles. The molecule has 2 aliphatic rings. The summed E-state index contributed by atoms with van der Waals surface area (Å²) in [6.07, 6.45) is 0. The molecule has 35 heavy (non-hydrogen) atoms. The van der Waals surface area contributed by atoms with E-state index in [1.165, 1.54) is 41.3 Å². The molecule has 1 saturated heterocycles. The van der Waals surface area contributed by atoms with Crippen molar-refractivity contribution in [2.24, 2.45) is 0 Å². The predicted molar refractivity (Wildman–Crippen MR) is 129 cm³/mol. The Morgan fingerprint density at radius 3 is 1.77 bits per heavy atom. The normalized spacial score (nSPS) is 19.3. The summed E-state index contributed by atoms with van der Waals surface area (Å²) in [5.41, 5.74) is 0.474. The van der Waals surface area contributed by atoms with Crippen molar-refractivity contribution in [2.75, 3.05) is 4.90 Å². The topological polar surface area (TPSA) is 57.7 Å². The highest BCUT2D eigenvalue weighted by Crippen LogP contribution is 2.49. The lowest BCUT2D eigenvalue weighted by molar-refractivity contribution is -0.130. The minimum Gasteiger partial charge on any atom is -0.300 e. The van der Waals surface area contributed by atoms with Crippen LogP contribution in [0.4, 0.5) is 14.5 Å². The number of amides is 3. The van der Waals surface area contributed by atoms with E-state index < -0.39 is 41.4 Å². The van der Waals surface area contributed by atoms with Crippen LogP contribution in [0, 0.1) is 18.6 Å². The van der Waals surface area contributed by atoms with Crippen LogP contribution >= 0.6 is 46.4 Å². The first-order chi connectivity index (χ1) is 16.5. The fourth-order valence-electron chi connectivity index (χ4n) is 4.36. The van der Waals surface area contributed by atoms with Gasteiger partial charge in [-0.1, -0.05) is 64.6 Å². The summed E-state index contributed by atoms with van der Waals surface area (Å²) in [4.78, 5) is 42.1. The molecule has 3 amide bonds. The highest BCUT2D eigenvalue weighted by Gasteiger charge is 2.58. The van der Waals surface area contributed by atoms with Crippen molar-refractivity contribution in [2.45, 2.75) is 19.0 Å². The zero-order valence-electron chi connectivity index (χ0n) is 17.6. The van der Waals surface area contributed by atoms with Gasteiger partial charge in [-0.2, -0.15) is 0 Å². The second-order valence-electron chi connectivity index (χ2n) is 8.07. The molecule has 0 saturated carbocycles. The largest absolute Gasteiger partial charge is 0.300 e. The van der Waals surface area contributed by atoms with Gasteiger partial charge in [-0.25, -0.2) is 8.78 Å². The average Bonchev–Trinajstić information content (AvgIpc) is 3.08. The average molecular weight is 556 g/mol. The van der Waals surface area contributed by atoms with Crippen LogP contribution < -0.4 is 4.90 Å². The second kappa shape index (κ2) is 8.45. The lowest BCUT2D eigenvalue weighted by Crippen LogP contribution is -2.67. The van der Waals surface area contributed by atoms with E-state index in [-0.39, 0.29) is 36.9 Å². The van der Waals surface area contributed by atoms with Crippen LogP contribution in [0.1, 0.15) is 37.9 Å². The first-order valence-electron chi connectivity index (χ1n) is 10.1. The molecule has 2 heterocycles. The lowest BCUT2D eigenvalue weighted by Gasteiger charge is -2.49. The smallest absolute Gasteiger partial charge is 0.264 e. The number of anilines is 1. The van der Waals surface area contributed by atoms with Crippen molar-refractivity contribution < 1.29 is 23.2 Å². The molecule has 0 aliphatic carbocycles. The molecule has 178 valence electrons. The fourth-order valence-corrected chi connectivity index (χ4v) is 5.37. The highest BCUT2D eigenvalue weighted by molar-refractivity contribution is 6.55. The Morgan fingerprint density at radius 1 is 0.714 bits per heavy atom. The van der Waals surface area contributed by atoms with E-state index in [2.05, 4.69) is 0 Å². The number of fused-ring (bicyclic) bond motifs is 1. The van der Waals surface area contributed by atoms with Crippen LogP contribution in [-0.4, -0.2) is 28.7 Å². The van der Waals surface area contributed by atoms with E-state index >= 15 is 0 Å². The van der Waals surface area contributed by atoms with Gasteiger partial charge >= 0.3 is 0 Å². The molecule has 3 aromatic carbocycles. The van der Waals surface area contributed by atoms with Crippen LogP contribution in [0.5, 0.6) is 0 Å². The predicted octanol–water partition coefficient (Wildman–Crippen LogP) is 6.64. The monoisotopic (exact) mass is 554 g/mol. The molecule has 2 atom stereocenters. The van der Waals surface area contributed by atoms with Gasteiger partial charge in [0.2, 0.25) is 0 Å². The number of nitrogens with zero attached hydrogens (tertiary/aromatic N) is 2. The van der Waals surface area contributed by atoms with Gasteiger partial charge in [0.1, 0.15) is 17.7 Å². The molecule has 0 radical (unpaired) electrons. The third kappa shape index (κ3) is 3.44. The fraction of sp³-hybridized carbons (Fsp3) is 0.125. The van der Waals surface area contributed by atoms with Crippen LogP contribution in [-0.2, 0) is 4.79 Å². The molecule has 0 aromatic heterocycles. The number of β-lactam (4-membered cyclic amide) rings is 1. The van der Waals surface area contributed by atoms with E-state index in [1.807, 2.05) is 0 Å². The molecule has 0 N–H and O–H groups in total. The Morgan fingerprint density at radius 2 is 1.26 bits per heavy atom. The Kier molecular flexibility index (Phi) is 5.79. The minimum absolute atomic E-state index is 0.202. The van der Waals surface area contributed by atoms with Gasteiger partial charge in [0.15, 0.2) is 0 Å². The standard InChI is InChI=1S/C24H12Cl4F2N2O3/c1-9-2-7-12(8-13(9)30)31-20(10-3-5-11(29)6-4-10)21(24(31)35)32-22(33)14-15(23(32)34)17(26)19(28)18(27)16(14)25/h2-8,20-21H,1H3/t20-,21+/m1/s1. The highest BCUT2D eigenvalue weighted by atomic mass is 35.5. The Bertz CT molecular complexity index is 1420.